The van der Waals surface area contributed by atoms with E-state index in [4.69, 9.17) is 4.74 Å². The average Bonchev–Trinajstić information content (AvgIpc) is 2.18. The van der Waals surface area contributed by atoms with Gasteiger partial charge >= 0.3 is 6.03 Å². The molecule has 0 radical (unpaired) electrons. The van der Waals surface area contributed by atoms with Crippen molar-refractivity contribution < 1.29 is 9.53 Å². The summed E-state index contributed by atoms with van der Waals surface area (Å²) < 4.78 is 5.13. The van der Waals surface area contributed by atoms with E-state index in [9.17, 15) is 4.79 Å². The smallest absolute Gasteiger partial charge is 0.321 e. The number of hydrogen-bond donors (Lipinski definition) is 1. The Morgan fingerprint density at radius 3 is 2.53 bits per heavy atom. The van der Waals surface area contributed by atoms with E-state index in [1.54, 1.807) is 21.2 Å². The number of urea groups is 1. The van der Waals surface area contributed by atoms with Crippen molar-refractivity contribution >= 4 is 11.7 Å². The zero-order chi connectivity index (χ0) is 11.4. The summed E-state index contributed by atoms with van der Waals surface area (Å²) in [4.78, 5) is 12.8. The molecule has 0 fully saturated rings. The summed E-state index contributed by atoms with van der Waals surface area (Å²) in [5, 5.41) is 2.76. The van der Waals surface area contributed by atoms with E-state index in [0.29, 0.717) is 0 Å². The molecule has 0 aliphatic rings. The van der Waals surface area contributed by atoms with Crippen LogP contribution in [0.25, 0.3) is 0 Å². The van der Waals surface area contributed by atoms with Crippen molar-refractivity contribution in [3.8, 4) is 5.75 Å². The molecule has 0 saturated carbocycles. The molecule has 0 unspecified atom stereocenters. The van der Waals surface area contributed by atoms with Crippen LogP contribution in [0.4, 0.5) is 10.5 Å². The number of methoxy groups -OCH3 is 1. The number of benzene rings is 1. The van der Waals surface area contributed by atoms with Crippen LogP contribution in [0.3, 0.4) is 0 Å². The first-order chi connectivity index (χ1) is 7.04. The van der Waals surface area contributed by atoms with Crippen molar-refractivity contribution in [2.75, 3.05) is 26.5 Å². The van der Waals surface area contributed by atoms with Crippen LogP contribution >= 0.6 is 0 Å². The Kier molecular flexibility index (Phi) is 3.55. The lowest BCUT2D eigenvalue weighted by Crippen LogP contribution is -2.27. The molecule has 15 heavy (non-hydrogen) atoms. The molecule has 0 aromatic heterocycles. The fourth-order valence-corrected chi connectivity index (χ4v) is 1.19. The Bertz CT molecular complexity index is 362. The molecule has 82 valence electrons. The zero-order valence-corrected chi connectivity index (χ0v) is 9.50. The molecule has 1 aromatic carbocycles. The lowest BCUT2D eigenvalue weighted by Gasteiger charge is -2.13. The van der Waals surface area contributed by atoms with Gasteiger partial charge in [0.25, 0.3) is 0 Å². The SMILES string of the molecule is COc1ccc(NC(=O)N(C)C)cc1C. The van der Waals surface area contributed by atoms with Crippen LogP contribution in [0.2, 0.25) is 0 Å². The van der Waals surface area contributed by atoms with Crippen LogP contribution in [0.1, 0.15) is 5.56 Å². The summed E-state index contributed by atoms with van der Waals surface area (Å²) in [6.45, 7) is 1.93. The minimum Gasteiger partial charge on any atom is -0.496 e. The fraction of sp³-hybridized carbons (Fsp3) is 0.364. The van der Waals surface area contributed by atoms with Gasteiger partial charge in [-0.15, -0.1) is 0 Å². The second-order valence-electron chi connectivity index (χ2n) is 3.51. The van der Waals surface area contributed by atoms with Gasteiger partial charge in [0.1, 0.15) is 5.75 Å². The van der Waals surface area contributed by atoms with Gasteiger partial charge in [-0.05, 0) is 30.7 Å². The summed E-state index contributed by atoms with van der Waals surface area (Å²) in [5.41, 5.74) is 1.76. The number of rotatable bonds is 2. The molecule has 1 aromatic rings. The van der Waals surface area contributed by atoms with Crippen molar-refractivity contribution in [1.82, 2.24) is 4.90 Å². The van der Waals surface area contributed by atoms with E-state index in [-0.39, 0.29) is 6.03 Å². The lowest BCUT2D eigenvalue weighted by molar-refractivity contribution is 0.230. The van der Waals surface area contributed by atoms with E-state index in [1.165, 1.54) is 4.90 Å². The van der Waals surface area contributed by atoms with Gasteiger partial charge in [-0.3, -0.25) is 0 Å². The highest BCUT2D eigenvalue weighted by atomic mass is 16.5. The molecule has 0 aliphatic heterocycles. The second-order valence-corrected chi connectivity index (χ2v) is 3.51. The predicted octanol–water partition coefficient (Wildman–Crippen LogP) is 2.10. The van der Waals surface area contributed by atoms with Crippen LogP contribution in [-0.4, -0.2) is 32.1 Å². The Morgan fingerprint density at radius 2 is 2.07 bits per heavy atom. The largest absolute Gasteiger partial charge is 0.496 e. The third-order valence-electron chi connectivity index (χ3n) is 2.05. The number of nitrogens with one attached hydrogen (secondary N) is 1. The van der Waals surface area contributed by atoms with Gasteiger partial charge in [0, 0.05) is 19.8 Å². The molecule has 0 heterocycles. The molecular weight excluding hydrogens is 192 g/mol. The van der Waals surface area contributed by atoms with E-state index < -0.39 is 0 Å². The number of amides is 2. The number of ether oxygens (including phenoxy) is 1. The van der Waals surface area contributed by atoms with Crippen molar-refractivity contribution in [1.29, 1.82) is 0 Å². The van der Waals surface area contributed by atoms with Crippen molar-refractivity contribution in [3.63, 3.8) is 0 Å². The van der Waals surface area contributed by atoms with Crippen LogP contribution in [0, 0.1) is 6.92 Å². The summed E-state index contributed by atoms with van der Waals surface area (Å²) >= 11 is 0. The van der Waals surface area contributed by atoms with Crippen LogP contribution in [-0.2, 0) is 0 Å². The first kappa shape index (κ1) is 11.4. The number of aryl methyl sites for hydroxylation is 1. The Hall–Kier alpha value is -1.71. The molecule has 4 nitrogen and oxygen atoms in total. The minimum atomic E-state index is -0.139. The molecule has 2 amide bonds. The number of hydrogen-bond acceptors (Lipinski definition) is 2. The van der Waals surface area contributed by atoms with E-state index in [2.05, 4.69) is 5.32 Å². The second kappa shape index (κ2) is 4.68. The standard InChI is InChI=1S/C11H16N2O2/c1-8-7-9(5-6-10(8)15-4)12-11(14)13(2)3/h5-7H,1-4H3,(H,12,14). The maximum Gasteiger partial charge on any atom is 0.321 e. The first-order valence-corrected chi connectivity index (χ1v) is 4.67. The number of carbonyl (C=O) groups excluding carboxylic acids is 1. The van der Waals surface area contributed by atoms with E-state index in [1.807, 2.05) is 25.1 Å². The van der Waals surface area contributed by atoms with Gasteiger partial charge < -0.3 is 15.0 Å². The molecular formula is C11H16N2O2. The van der Waals surface area contributed by atoms with Gasteiger partial charge in [-0.2, -0.15) is 0 Å². The third kappa shape index (κ3) is 2.87. The minimum absolute atomic E-state index is 0.139. The van der Waals surface area contributed by atoms with Crippen molar-refractivity contribution in [2.45, 2.75) is 6.92 Å². The first-order valence-electron chi connectivity index (χ1n) is 4.67. The Balaban J connectivity index is 2.80. The highest BCUT2D eigenvalue weighted by molar-refractivity contribution is 5.89. The predicted molar refractivity (Wildman–Crippen MR) is 60.4 cm³/mol. The highest BCUT2D eigenvalue weighted by Crippen LogP contribution is 2.21. The summed E-state index contributed by atoms with van der Waals surface area (Å²) in [7, 11) is 5.03. The third-order valence-corrected chi connectivity index (χ3v) is 2.05. The average molecular weight is 208 g/mol. The van der Waals surface area contributed by atoms with Gasteiger partial charge in [0.05, 0.1) is 7.11 Å². The molecule has 4 heteroatoms. The van der Waals surface area contributed by atoms with Crippen molar-refractivity contribution in [2.24, 2.45) is 0 Å². The van der Waals surface area contributed by atoms with Crippen LogP contribution in [0.5, 0.6) is 5.75 Å². The van der Waals surface area contributed by atoms with Crippen LogP contribution < -0.4 is 10.1 Å². The quantitative estimate of drug-likeness (QED) is 0.808. The molecule has 1 rings (SSSR count). The molecule has 0 aliphatic carbocycles. The highest BCUT2D eigenvalue weighted by Gasteiger charge is 2.05. The van der Waals surface area contributed by atoms with Gasteiger partial charge in [-0.1, -0.05) is 0 Å². The summed E-state index contributed by atoms with van der Waals surface area (Å²) in [6.07, 6.45) is 0. The molecule has 0 saturated heterocycles. The fourth-order valence-electron chi connectivity index (χ4n) is 1.19. The molecule has 1 N–H and O–H groups in total. The monoisotopic (exact) mass is 208 g/mol. The topological polar surface area (TPSA) is 41.6 Å². The van der Waals surface area contributed by atoms with Crippen LogP contribution in [0.15, 0.2) is 18.2 Å². The van der Waals surface area contributed by atoms with E-state index in [0.717, 1.165) is 17.0 Å². The Labute approximate surface area is 89.8 Å². The van der Waals surface area contributed by atoms with Crippen molar-refractivity contribution in [3.05, 3.63) is 23.8 Å². The number of nitrogens with zero attached hydrogens (tertiary/aromatic N) is 1. The Morgan fingerprint density at radius 1 is 1.40 bits per heavy atom. The molecule has 0 bridgehead atoms. The van der Waals surface area contributed by atoms with Gasteiger partial charge in [0.2, 0.25) is 0 Å². The number of anilines is 1. The summed E-state index contributed by atoms with van der Waals surface area (Å²) in [5.74, 6) is 0.817. The zero-order valence-electron chi connectivity index (χ0n) is 9.50. The lowest BCUT2D eigenvalue weighted by atomic mass is 10.2. The maximum atomic E-state index is 11.4. The normalized spacial score (nSPS) is 9.60. The maximum absolute atomic E-state index is 11.4. The number of carbonyl (C=O) groups is 1. The molecule has 0 atom stereocenters. The molecule has 0 spiro atoms. The van der Waals surface area contributed by atoms with Gasteiger partial charge in [-0.25, -0.2) is 4.79 Å². The summed E-state index contributed by atoms with van der Waals surface area (Å²) in [6, 6.07) is 5.38. The van der Waals surface area contributed by atoms with E-state index >= 15 is 0 Å². The van der Waals surface area contributed by atoms with Gasteiger partial charge in [0.15, 0.2) is 0 Å².